The van der Waals surface area contributed by atoms with Crippen LogP contribution < -0.4 is 0 Å². The largest absolute Gasteiger partial charge is 0.477 e. The minimum atomic E-state index is -0.872. The topological polar surface area (TPSA) is 99.1 Å². The molecule has 0 fully saturated rings. The number of rotatable bonds is 53. The Morgan fingerprint density at radius 1 is 0.441 bits per heavy atom. The molecule has 0 spiro atoms. The third kappa shape index (κ3) is 48.6. The Morgan fingerprint density at radius 3 is 1.18 bits per heavy atom. The molecule has 0 radical (unpaired) electrons. The summed E-state index contributed by atoms with van der Waals surface area (Å²) in [4.78, 5) is 37.3. The van der Waals surface area contributed by atoms with E-state index in [2.05, 4.69) is 50.3 Å². The molecule has 0 amide bonds. The number of hydrogen-bond acceptors (Lipinski definition) is 6. The SMILES string of the molecule is CCCCC/C=C/C/C=C/C/C=C/CCCCCCCCCCCC(=O)OC(COCCC(C(=O)O)[N+](C)(C)C)COC(=O)CCCCCCCCCCCCCCCCCCCCCCCC. The fraction of sp³-hybridized carbons (Fsp3) is 0.850. The van der Waals surface area contributed by atoms with Crippen LogP contribution in [0.5, 0.6) is 0 Å². The molecule has 0 aromatic heterocycles. The van der Waals surface area contributed by atoms with Gasteiger partial charge in [0.2, 0.25) is 0 Å². The summed E-state index contributed by atoms with van der Waals surface area (Å²) in [5, 5.41) is 9.68. The first kappa shape index (κ1) is 65.5. The lowest BCUT2D eigenvalue weighted by Gasteiger charge is -2.31. The van der Waals surface area contributed by atoms with Gasteiger partial charge in [-0.3, -0.25) is 9.59 Å². The summed E-state index contributed by atoms with van der Waals surface area (Å²) < 4.78 is 17.4. The van der Waals surface area contributed by atoms with E-state index in [1.807, 2.05) is 21.1 Å². The normalized spacial score (nSPS) is 13.0. The number of hydrogen-bond donors (Lipinski definition) is 1. The molecule has 8 nitrogen and oxygen atoms in total. The monoisotopic (exact) mass is 959 g/mol. The molecule has 8 heteroatoms. The zero-order chi connectivity index (χ0) is 49.9. The van der Waals surface area contributed by atoms with Crippen molar-refractivity contribution in [2.75, 3.05) is 41.0 Å². The van der Waals surface area contributed by atoms with Crippen molar-refractivity contribution in [3.8, 4) is 0 Å². The number of esters is 2. The molecule has 398 valence electrons. The Balaban J connectivity index is 4.15. The number of ether oxygens (including phenoxy) is 3. The summed E-state index contributed by atoms with van der Waals surface area (Å²) in [6.07, 6.45) is 62.0. The first-order valence-corrected chi connectivity index (χ1v) is 29.0. The quantitative estimate of drug-likeness (QED) is 0.0281. The van der Waals surface area contributed by atoms with Crippen LogP contribution in [0.1, 0.15) is 277 Å². The van der Waals surface area contributed by atoms with Gasteiger partial charge in [0.05, 0.1) is 34.4 Å². The number of carbonyl (C=O) groups is 3. The fourth-order valence-corrected chi connectivity index (χ4v) is 8.81. The maximum atomic E-state index is 12.8. The van der Waals surface area contributed by atoms with E-state index in [0.29, 0.717) is 19.3 Å². The smallest absolute Gasteiger partial charge is 0.362 e. The van der Waals surface area contributed by atoms with Gasteiger partial charge in [0.15, 0.2) is 12.1 Å². The average Bonchev–Trinajstić information content (AvgIpc) is 3.30. The minimum Gasteiger partial charge on any atom is -0.477 e. The molecule has 2 unspecified atom stereocenters. The van der Waals surface area contributed by atoms with Gasteiger partial charge in [-0.25, -0.2) is 4.79 Å². The number of unbranched alkanes of at least 4 members (excludes halogenated alkanes) is 33. The van der Waals surface area contributed by atoms with E-state index in [0.717, 1.165) is 57.8 Å². The van der Waals surface area contributed by atoms with Crippen LogP contribution in [0.4, 0.5) is 0 Å². The second kappa shape index (κ2) is 50.9. The van der Waals surface area contributed by atoms with Gasteiger partial charge in [-0.2, -0.15) is 0 Å². The van der Waals surface area contributed by atoms with Gasteiger partial charge in [-0.1, -0.05) is 243 Å². The van der Waals surface area contributed by atoms with E-state index in [-0.39, 0.29) is 36.2 Å². The van der Waals surface area contributed by atoms with Gasteiger partial charge in [-0.05, 0) is 51.4 Å². The van der Waals surface area contributed by atoms with Crippen molar-refractivity contribution in [2.24, 2.45) is 0 Å². The lowest BCUT2D eigenvalue weighted by molar-refractivity contribution is -0.887. The molecule has 0 saturated carbocycles. The van der Waals surface area contributed by atoms with E-state index in [4.69, 9.17) is 14.2 Å². The van der Waals surface area contributed by atoms with Crippen molar-refractivity contribution < 1.29 is 38.2 Å². The third-order valence-corrected chi connectivity index (χ3v) is 13.3. The molecule has 0 aromatic carbocycles. The first-order chi connectivity index (χ1) is 33.1. The Morgan fingerprint density at radius 2 is 0.779 bits per heavy atom. The van der Waals surface area contributed by atoms with Gasteiger partial charge >= 0.3 is 17.9 Å². The van der Waals surface area contributed by atoms with Crippen LogP contribution in [0, 0.1) is 0 Å². The molecule has 0 aliphatic rings. The number of allylic oxidation sites excluding steroid dienone is 6. The van der Waals surface area contributed by atoms with Gasteiger partial charge < -0.3 is 23.8 Å². The summed E-state index contributed by atoms with van der Waals surface area (Å²) in [7, 11) is 5.55. The highest BCUT2D eigenvalue weighted by Gasteiger charge is 2.31. The van der Waals surface area contributed by atoms with Crippen molar-refractivity contribution in [2.45, 2.75) is 289 Å². The highest BCUT2D eigenvalue weighted by atomic mass is 16.6. The van der Waals surface area contributed by atoms with Crippen molar-refractivity contribution in [3.05, 3.63) is 36.5 Å². The Kier molecular flexibility index (Phi) is 49.1. The molecule has 68 heavy (non-hydrogen) atoms. The molecule has 0 bridgehead atoms. The Bertz CT molecular complexity index is 1210. The van der Waals surface area contributed by atoms with E-state index in [1.54, 1.807) is 0 Å². The third-order valence-electron chi connectivity index (χ3n) is 13.3. The number of quaternary nitrogens is 1. The Labute approximate surface area is 421 Å². The molecule has 0 saturated heterocycles. The lowest BCUT2D eigenvalue weighted by Crippen LogP contribution is -2.50. The van der Waals surface area contributed by atoms with E-state index < -0.39 is 18.1 Å². The van der Waals surface area contributed by atoms with Crippen LogP contribution in [-0.2, 0) is 28.6 Å². The molecule has 0 aliphatic carbocycles. The molecular formula is C60H112NO7+. The minimum absolute atomic E-state index is 0.0490. The van der Waals surface area contributed by atoms with Crippen LogP contribution in [0.3, 0.4) is 0 Å². The molecular weight excluding hydrogens is 847 g/mol. The predicted molar refractivity (Wildman–Crippen MR) is 289 cm³/mol. The molecule has 0 heterocycles. The van der Waals surface area contributed by atoms with Crippen LogP contribution in [0.25, 0.3) is 0 Å². The van der Waals surface area contributed by atoms with Gasteiger partial charge in [0.1, 0.15) is 6.61 Å². The van der Waals surface area contributed by atoms with E-state index >= 15 is 0 Å². The van der Waals surface area contributed by atoms with Crippen molar-refractivity contribution in [1.29, 1.82) is 0 Å². The lowest BCUT2D eigenvalue weighted by atomic mass is 10.0. The number of carboxylic acids is 1. The highest BCUT2D eigenvalue weighted by molar-refractivity contribution is 5.72. The van der Waals surface area contributed by atoms with E-state index in [9.17, 15) is 19.5 Å². The van der Waals surface area contributed by atoms with E-state index in [1.165, 1.54) is 186 Å². The second-order valence-corrected chi connectivity index (χ2v) is 20.9. The highest BCUT2D eigenvalue weighted by Crippen LogP contribution is 2.17. The van der Waals surface area contributed by atoms with Crippen molar-refractivity contribution in [3.63, 3.8) is 0 Å². The van der Waals surface area contributed by atoms with Crippen LogP contribution in [0.2, 0.25) is 0 Å². The summed E-state index contributed by atoms with van der Waals surface area (Å²) in [5.74, 6) is -1.45. The van der Waals surface area contributed by atoms with Crippen LogP contribution >= 0.6 is 0 Å². The molecule has 0 rings (SSSR count). The van der Waals surface area contributed by atoms with Crippen molar-refractivity contribution in [1.82, 2.24) is 0 Å². The zero-order valence-electron chi connectivity index (χ0n) is 45.6. The summed E-state index contributed by atoms with van der Waals surface area (Å²) in [5.41, 5.74) is 0. The predicted octanol–water partition coefficient (Wildman–Crippen LogP) is 17.3. The number of nitrogens with zero attached hydrogens (tertiary/aromatic N) is 1. The second-order valence-electron chi connectivity index (χ2n) is 20.9. The number of likely N-dealkylation sites (N-methyl/N-ethyl adjacent to an activating group) is 1. The Hall–Kier alpha value is -2.45. The summed E-state index contributed by atoms with van der Waals surface area (Å²) >= 11 is 0. The zero-order valence-corrected chi connectivity index (χ0v) is 45.6. The molecule has 1 N–H and O–H groups in total. The van der Waals surface area contributed by atoms with Crippen LogP contribution in [-0.4, -0.2) is 80.6 Å². The molecule has 0 aromatic rings. The average molecular weight is 960 g/mol. The van der Waals surface area contributed by atoms with Crippen molar-refractivity contribution >= 4 is 17.9 Å². The van der Waals surface area contributed by atoms with Gasteiger partial charge in [0, 0.05) is 19.3 Å². The number of carbonyl (C=O) groups excluding carboxylic acids is 2. The summed E-state index contributed by atoms with van der Waals surface area (Å²) in [6, 6.07) is -0.615. The maximum absolute atomic E-state index is 12.8. The fourth-order valence-electron chi connectivity index (χ4n) is 8.81. The number of aliphatic carboxylic acids is 1. The standard InChI is InChI=1S/C60H111NO7/c1-6-8-10-12-14-16-18-20-22-24-26-28-30-32-34-36-38-40-42-44-46-48-50-58(62)67-55-56(54-66-53-52-57(60(64)65)61(3,4)5)68-59(63)51-49-47-45-43-41-39-37-35-33-31-29-27-25-23-21-19-17-15-13-11-9-7-2/h15,17,21,23,27,29,56-57H,6-14,16,18-20,22,24-26,28,30-55H2,1-5H3/p+1/b17-15+,23-21+,29-27+. The van der Waals surface area contributed by atoms with Gasteiger partial charge in [-0.15, -0.1) is 0 Å². The number of carboxylic acid groups (broad SMARTS) is 1. The first-order valence-electron chi connectivity index (χ1n) is 29.0. The van der Waals surface area contributed by atoms with Crippen LogP contribution in [0.15, 0.2) is 36.5 Å². The molecule has 0 aliphatic heterocycles. The molecule has 2 atom stereocenters. The van der Waals surface area contributed by atoms with Gasteiger partial charge in [0.25, 0.3) is 0 Å². The maximum Gasteiger partial charge on any atom is 0.362 e. The summed E-state index contributed by atoms with van der Waals surface area (Å²) in [6.45, 7) is 4.76.